The second kappa shape index (κ2) is 9.13. The quantitative estimate of drug-likeness (QED) is 0.368. The van der Waals surface area contributed by atoms with E-state index in [0.717, 1.165) is 12.1 Å². The second-order valence-corrected chi connectivity index (χ2v) is 7.10. The standard InChI is InChI=1S/C23H18F6O4/c1-3-5-13-7-9-17(15(11-13)19(30)31)21(22(24,25)26,23(27,28)29)18-10-8-14(6-4-2)12-16(18)20(32)33/h3-4,7-12H,1-2,5-6H2,(H,30,31)(H,32,33). The average molecular weight is 472 g/mol. The van der Waals surface area contributed by atoms with Crippen LogP contribution in [0.4, 0.5) is 26.3 Å². The molecule has 0 aliphatic carbocycles. The molecule has 0 aromatic heterocycles. The molecule has 0 aliphatic rings. The van der Waals surface area contributed by atoms with Crippen molar-refractivity contribution in [3.05, 3.63) is 95.1 Å². The van der Waals surface area contributed by atoms with Crippen molar-refractivity contribution in [1.82, 2.24) is 0 Å². The Morgan fingerprint density at radius 2 is 1.06 bits per heavy atom. The van der Waals surface area contributed by atoms with Gasteiger partial charge in [-0.15, -0.1) is 13.2 Å². The van der Waals surface area contributed by atoms with Gasteiger partial charge in [0, 0.05) is 0 Å². The maximum absolute atomic E-state index is 14.5. The van der Waals surface area contributed by atoms with Gasteiger partial charge in [0.15, 0.2) is 0 Å². The molecule has 0 saturated heterocycles. The van der Waals surface area contributed by atoms with Gasteiger partial charge >= 0.3 is 24.3 Å². The van der Waals surface area contributed by atoms with E-state index in [2.05, 4.69) is 13.2 Å². The maximum Gasteiger partial charge on any atom is 0.411 e. The average Bonchev–Trinajstić information content (AvgIpc) is 2.68. The van der Waals surface area contributed by atoms with Gasteiger partial charge in [-0.05, 0) is 47.2 Å². The third-order valence-electron chi connectivity index (χ3n) is 5.05. The Kier molecular flexibility index (Phi) is 7.11. The van der Waals surface area contributed by atoms with Gasteiger partial charge in [-0.2, -0.15) is 26.3 Å². The fraction of sp³-hybridized carbons (Fsp3) is 0.217. The zero-order valence-corrected chi connectivity index (χ0v) is 16.9. The molecular weight excluding hydrogens is 454 g/mol. The summed E-state index contributed by atoms with van der Waals surface area (Å²) in [6, 6.07) is 4.07. The Morgan fingerprint density at radius 1 is 0.727 bits per heavy atom. The molecule has 0 fully saturated rings. The molecule has 10 heteroatoms. The number of allylic oxidation sites excluding steroid dienone is 2. The van der Waals surface area contributed by atoms with Crippen LogP contribution >= 0.6 is 0 Å². The van der Waals surface area contributed by atoms with Gasteiger partial charge in [-0.25, -0.2) is 9.59 Å². The number of halogens is 6. The molecule has 2 rings (SSSR count). The number of carboxylic acid groups (broad SMARTS) is 2. The van der Waals surface area contributed by atoms with Crippen molar-refractivity contribution in [2.75, 3.05) is 0 Å². The van der Waals surface area contributed by atoms with Gasteiger partial charge in [0.05, 0.1) is 11.1 Å². The molecule has 0 saturated carbocycles. The van der Waals surface area contributed by atoms with Gasteiger partial charge in [0.2, 0.25) is 5.41 Å². The molecule has 0 bridgehead atoms. The Labute approximate surface area is 184 Å². The van der Waals surface area contributed by atoms with Crippen LogP contribution in [0.15, 0.2) is 61.7 Å². The number of alkyl halides is 6. The molecule has 0 aliphatic heterocycles. The summed E-state index contributed by atoms with van der Waals surface area (Å²) in [7, 11) is 0. The summed E-state index contributed by atoms with van der Waals surface area (Å²) in [5.41, 5.74) is -10.5. The molecular formula is C23H18F6O4. The van der Waals surface area contributed by atoms with E-state index in [-0.39, 0.29) is 24.0 Å². The first-order valence-corrected chi connectivity index (χ1v) is 9.31. The summed E-state index contributed by atoms with van der Waals surface area (Å²) in [5.74, 6) is -4.07. The lowest BCUT2D eigenvalue weighted by atomic mass is 9.69. The van der Waals surface area contributed by atoms with Crippen LogP contribution in [-0.2, 0) is 18.3 Å². The third kappa shape index (κ3) is 4.50. The van der Waals surface area contributed by atoms with Gasteiger partial charge in [0.1, 0.15) is 0 Å². The minimum atomic E-state index is -6.15. The van der Waals surface area contributed by atoms with Crippen molar-refractivity contribution >= 4 is 11.9 Å². The molecule has 33 heavy (non-hydrogen) atoms. The summed E-state index contributed by atoms with van der Waals surface area (Å²) in [6.07, 6.45) is -9.74. The van der Waals surface area contributed by atoms with Crippen molar-refractivity contribution in [3.63, 3.8) is 0 Å². The fourth-order valence-electron chi connectivity index (χ4n) is 3.69. The van der Waals surface area contributed by atoms with Crippen LogP contribution in [0.2, 0.25) is 0 Å². The Morgan fingerprint density at radius 3 is 1.30 bits per heavy atom. The molecule has 0 radical (unpaired) electrons. The number of carboxylic acids is 2. The molecule has 0 heterocycles. The number of hydrogen-bond acceptors (Lipinski definition) is 2. The van der Waals surface area contributed by atoms with E-state index in [1.807, 2.05) is 0 Å². The first-order chi connectivity index (χ1) is 15.2. The summed E-state index contributed by atoms with van der Waals surface area (Å²) in [4.78, 5) is 23.6. The number of benzene rings is 2. The smallest absolute Gasteiger partial charge is 0.411 e. The monoisotopic (exact) mass is 472 g/mol. The predicted octanol–water partition coefficient (Wildman–Crippen LogP) is 5.95. The van der Waals surface area contributed by atoms with E-state index >= 15 is 0 Å². The third-order valence-corrected chi connectivity index (χ3v) is 5.05. The molecule has 0 amide bonds. The van der Waals surface area contributed by atoms with E-state index in [9.17, 15) is 46.1 Å². The largest absolute Gasteiger partial charge is 0.478 e. The van der Waals surface area contributed by atoms with Crippen molar-refractivity contribution in [2.45, 2.75) is 30.6 Å². The highest BCUT2D eigenvalue weighted by molar-refractivity contribution is 5.93. The summed E-state index contributed by atoms with van der Waals surface area (Å²) in [6.45, 7) is 6.80. The van der Waals surface area contributed by atoms with Crippen LogP contribution in [0.5, 0.6) is 0 Å². The molecule has 2 aromatic carbocycles. The van der Waals surface area contributed by atoms with Gasteiger partial charge in [-0.3, -0.25) is 0 Å². The molecule has 0 atom stereocenters. The SMILES string of the molecule is C=CCc1ccc(C(c2ccc(CC=C)cc2C(=O)O)(C(F)(F)F)C(F)(F)F)c(C(=O)O)c1. The van der Waals surface area contributed by atoms with Gasteiger partial charge in [-0.1, -0.05) is 36.4 Å². The lowest BCUT2D eigenvalue weighted by Crippen LogP contribution is -2.56. The van der Waals surface area contributed by atoms with Gasteiger partial charge in [0.25, 0.3) is 0 Å². The summed E-state index contributed by atoms with van der Waals surface area (Å²) < 4.78 is 86.9. The van der Waals surface area contributed by atoms with Gasteiger partial charge < -0.3 is 10.2 Å². The Bertz CT molecular complexity index is 1010. The lowest BCUT2D eigenvalue weighted by molar-refractivity contribution is -0.288. The Hall–Kier alpha value is -3.56. The molecule has 4 nitrogen and oxygen atoms in total. The van der Waals surface area contributed by atoms with Crippen LogP contribution in [-0.4, -0.2) is 34.5 Å². The molecule has 2 aromatic rings. The minimum absolute atomic E-state index is 0.0117. The van der Waals surface area contributed by atoms with Crippen LogP contribution in [0.25, 0.3) is 0 Å². The summed E-state index contributed by atoms with van der Waals surface area (Å²) in [5, 5.41) is 19.0. The number of carbonyl (C=O) groups is 2. The summed E-state index contributed by atoms with van der Waals surface area (Å²) >= 11 is 0. The minimum Gasteiger partial charge on any atom is -0.478 e. The highest BCUT2D eigenvalue weighted by Crippen LogP contribution is 2.57. The second-order valence-electron chi connectivity index (χ2n) is 7.10. The first kappa shape index (κ1) is 25.7. The maximum atomic E-state index is 14.5. The highest BCUT2D eigenvalue weighted by Gasteiger charge is 2.74. The fourth-order valence-corrected chi connectivity index (χ4v) is 3.69. The predicted molar refractivity (Wildman–Crippen MR) is 107 cm³/mol. The number of hydrogen-bond donors (Lipinski definition) is 2. The molecule has 2 N–H and O–H groups in total. The first-order valence-electron chi connectivity index (χ1n) is 9.31. The number of rotatable bonds is 8. The van der Waals surface area contributed by atoms with E-state index in [1.165, 1.54) is 12.2 Å². The van der Waals surface area contributed by atoms with Crippen LogP contribution in [0.1, 0.15) is 43.0 Å². The van der Waals surface area contributed by atoms with Crippen molar-refractivity contribution in [2.24, 2.45) is 0 Å². The van der Waals surface area contributed by atoms with Crippen molar-refractivity contribution in [3.8, 4) is 0 Å². The zero-order valence-electron chi connectivity index (χ0n) is 16.9. The van der Waals surface area contributed by atoms with Crippen LogP contribution < -0.4 is 0 Å². The van der Waals surface area contributed by atoms with Crippen molar-refractivity contribution in [1.29, 1.82) is 0 Å². The van der Waals surface area contributed by atoms with Crippen molar-refractivity contribution < 1.29 is 46.1 Å². The van der Waals surface area contributed by atoms with E-state index < -0.39 is 52.0 Å². The topological polar surface area (TPSA) is 74.6 Å². The number of aromatic carboxylic acids is 2. The molecule has 176 valence electrons. The van der Waals surface area contributed by atoms with E-state index in [1.54, 1.807) is 0 Å². The Balaban J connectivity index is 3.14. The molecule has 0 spiro atoms. The highest BCUT2D eigenvalue weighted by atomic mass is 19.4. The molecule has 0 unspecified atom stereocenters. The lowest BCUT2D eigenvalue weighted by Gasteiger charge is -2.39. The van der Waals surface area contributed by atoms with E-state index in [0.29, 0.717) is 24.3 Å². The van der Waals surface area contributed by atoms with Crippen LogP contribution in [0, 0.1) is 0 Å². The normalized spacial score (nSPS) is 12.3. The van der Waals surface area contributed by atoms with Crippen LogP contribution in [0.3, 0.4) is 0 Å². The van der Waals surface area contributed by atoms with E-state index in [4.69, 9.17) is 0 Å². The zero-order chi connectivity index (χ0) is 25.2.